The highest BCUT2D eigenvalue weighted by atomic mass is 32.1. The standard InChI is InChI=1S/C15H11N3O2S/c1-19-12-5-3-2-4-10(12)8-13-17-15(20-18-13)14-11(9-16)6-7-21-14/h2-7H,8H2,1H3. The molecule has 104 valence electrons. The zero-order valence-electron chi connectivity index (χ0n) is 11.2. The van der Waals surface area contributed by atoms with Crippen molar-refractivity contribution in [2.24, 2.45) is 0 Å². The molecular formula is C15H11N3O2S. The van der Waals surface area contributed by atoms with Crippen LogP contribution in [0.15, 0.2) is 40.2 Å². The topological polar surface area (TPSA) is 71.9 Å². The summed E-state index contributed by atoms with van der Waals surface area (Å²) in [6.45, 7) is 0. The SMILES string of the molecule is COc1ccccc1Cc1noc(-c2sccc2C#N)n1. The van der Waals surface area contributed by atoms with Gasteiger partial charge < -0.3 is 9.26 Å². The fourth-order valence-electron chi connectivity index (χ4n) is 2.00. The van der Waals surface area contributed by atoms with Crippen LogP contribution in [0.25, 0.3) is 10.8 Å². The molecule has 0 aliphatic rings. The summed E-state index contributed by atoms with van der Waals surface area (Å²) < 4.78 is 10.6. The third-order valence-corrected chi connectivity index (χ3v) is 3.89. The van der Waals surface area contributed by atoms with Crippen molar-refractivity contribution in [2.45, 2.75) is 6.42 Å². The fourth-order valence-corrected chi connectivity index (χ4v) is 2.76. The Kier molecular flexibility index (Phi) is 3.67. The van der Waals surface area contributed by atoms with Gasteiger partial charge in [-0.1, -0.05) is 23.4 Å². The van der Waals surface area contributed by atoms with Crippen LogP contribution in [-0.4, -0.2) is 17.3 Å². The van der Waals surface area contributed by atoms with E-state index in [0.29, 0.717) is 28.6 Å². The van der Waals surface area contributed by atoms with Gasteiger partial charge in [0.2, 0.25) is 0 Å². The van der Waals surface area contributed by atoms with E-state index < -0.39 is 0 Å². The van der Waals surface area contributed by atoms with E-state index in [1.54, 1.807) is 13.2 Å². The molecule has 2 aromatic heterocycles. The molecule has 6 heteroatoms. The summed E-state index contributed by atoms with van der Waals surface area (Å²) in [7, 11) is 1.63. The van der Waals surface area contributed by atoms with E-state index >= 15 is 0 Å². The van der Waals surface area contributed by atoms with Gasteiger partial charge in [0.25, 0.3) is 5.89 Å². The number of aromatic nitrogens is 2. The second-order valence-electron chi connectivity index (χ2n) is 4.28. The molecule has 5 nitrogen and oxygen atoms in total. The molecule has 0 spiro atoms. The summed E-state index contributed by atoms with van der Waals surface area (Å²) in [6, 6.07) is 11.6. The highest BCUT2D eigenvalue weighted by Gasteiger charge is 2.15. The Balaban J connectivity index is 1.88. The quantitative estimate of drug-likeness (QED) is 0.739. The van der Waals surface area contributed by atoms with Crippen molar-refractivity contribution in [1.82, 2.24) is 10.1 Å². The third kappa shape index (κ3) is 2.64. The normalized spacial score (nSPS) is 10.3. The maximum absolute atomic E-state index is 9.03. The number of rotatable bonds is 4. The van der Waals surface area contributed by atoms with Gasteiger partial charge in [-0.25, -0.2) is 0 Å². The summed E-state index contributed by atoms with van der Waals surface area (Å²) in [4.78, 5) is 5.06. The number of nitrogens with zero attached hydrogens (tertiary/aromatic N) is 3. The van der Waals surface area contributed by atoms with Crippen molar-refractivity contribution in [3.05, 3.63) is 52.7 Å². The minimum Gasteiger partial charge on any atom is -0.496 e. The molecule has 3 aromatic rings. The monoisotopic (exact) mass is 297 g/mol. The molecule has 1 aromatic carbocycles. The molecule has 0 fully saturated rings. The Morgan fingerprint density at radius 1 is 1.33 bits per heavy atom. The molecule has 21 heavy (non-hydrogen) atoms. The van der Waals surface area contributed by atoms with Gasteiger partial charge in [0, 0.05) is 12.0 Å². The van der Waals surface area contributed by atoms with Gasteiger partial charge in [0.1, 0.15) is 16.7 Å². The second-order valence-corrected chi connectivity index (χ2v) is 5.20. The van der Waals surface area contributed by atoms with Crippen LogP contribution in [0.1, 0.15) is 17.0 Å². The highest BCUT2D eigenvalue weighted by Crippen LogP contribution is 2.28. The lowest BCUT2D eigenvalue weighted by atomic mass is 10.1. The van der Waals surface area contributed by atoms with Crippen LogP contribution in [0.2, 0.25) is 0 Å². The number of methoxy groups -OCH3 is 1. The average Bonchev–Trinajstić information content (AvgIpc) is 3.16. The molecule has 0 aliphatic carbocycles. The Morgan fingerprint density at radius 3 is 3.00 bits per heavy atom. The van der Waals surface area contributed by atoms with Crippen LogP contribution in [0.3, 0.4) is 0 Å². The Labute approximate surface area is 125 Å². The maximum atomic E-state index is 9.03. The summed E-state index contributed by atoms with van der Waals surface area (Å²) in [5.74, 6) is 1.73. The van der Waals surface area contributed by atoms with Gasteiger partial charge in [-0.3, -0.25) is 0 Å². The van der Waals surface area contributed by atoms with Crippen LogP contribution in [0, 0.1) is 11.3 Å². The highest BCUT2D eigenvalue weighted by molar-refractivity contribution is 7.13. The maximum Gasteiger partial charge on any atom is 0.269 e. The number of para-hydroxylation sites is 1. The van der Waals surface area contributed by atoms with Crippen molar-refractivity contribution in [2.75, 3.05) is 7.11 Å². The van der Waals surface area contributed by atoms with Gasteiger partial charge in [-0.05, 0) is 17.5 Å². The molecule has 0 N–H and O–H groups in total. The van der Waals surface area contributed by atoms with Gasteiger partial charge in [0.15, 0.2) is 5.82 Å². The van der Waals surface area contributed by atoms with E-state index in [2.05, 4.69) is 16.2 Å². The fraction of sp³-hybridized carbons (Fsp3) is 0.133. The van der Waals surface area contributed by atoms with E-state index in [1.807, 2.05) is 29.6 Å². The number of hydrogen-bond acceptors (Lipinski definition) is 6. The lowest BCUT2D eigenvalue weighted by Gasteiger charge is -2.04. The molecule has 3 rings (SSSR count). The zero-order valence-corrected chi connectivity index (χ0v) is 12.1. The van der Waals surface area contributed by atoms with Crippen molar-refractivity contribution in [1.29, 1.82) is 5.26 Å². The Hall–Kier alpha value is -2.65. The molecule has 2 heterocycles. The molecule has 0 amide bonds. The molecule has 0 saturated heterocycles. The van der Waals surface area contributed by atoms with E-state index in [-0.39, 0.29) is 0 Å². The van der Waals surface area contributed by atoms with Crippen molar-refractivity contribution in [3.8, 4) is 22.6 Å². The largest absolute Gasteiger partial charge is 0.496 e. The van der Waals surface area contributed by atoms with Crippen molar-refractivity contribution in [3.63, 3.8) is 0 Å². The van der Waals surface area contributed by atoms with Crippen molar-refractivity contribution < 1.29 is 9.26 Å². The summed E-state index contributed by atoms with van der Waals surface area (Å²) in [6.07, 6.45) is 0.515. The lowest BCUT2D eigenvalue weighted by Crippen LogP contribution is -1.95. The van der Waals surface area contributed by atoms with E-state index in [9.17, 15) is 0 Å². The molecule has 0 bridgehead atoms. The number of ether oxygens (including phenoxy) is 1. The third-order valence-electron chi connectivity index (χ3n) is 2.99. The van der Waals surface area contributed by atoms with E-state index in [4.69, 9.17) is 14.5 Å². The summed E-state index contributed by atoms with van der Waals surface area (Å²) in [5.41, 5.74) is 1.53. The first-order valence-corrected chi connectivity index (χ1v) is 7.12. The predicted molar refractivity (Wildman–Crippen MR) is 78.1 cm³/mol. The second kappa shape index (κ2) is 5.77. The summed E-state index contributed by atoms with van der Waals surface area (Å²) >= 11 is 1.41. The molecule has 0 atom stereocenters. The number of hydrogen-bond donors (Lipinski definition) is 0. The van der Waals surface area contributed by atoms with Crippen LogP contribution in [-0.2, 0) is 6.42 Å². The summed E-state index contributed by atoms with van der Waals surface area (Å²) in [5, 5.41) is 14.8. The Bertz CT molecular complexity index is 801. The van der Waals surface area contributed by atoms with Gasteiger partial charge >= 0.3 is 0 Å². The Morgan fingerprint density at radius 2 is 2.19 bits per heavy atom. The molecule has 0 radical (unpaired) electrons. The van der Waals surface area contributed by atoms with Gasteiger partial charge in [0.05, 0.1) is 12.7 Å². The minimum absolute atomic E-state index is 0.381. The zero-order chi connectivity index (χ0) is 14.7. The number of nitriles is 1. The molecular weight excluding hydrogens is 286 g/mol. The van der Waals surface area contributed by atoms with E-state index in [1.165, 1.54) is 11.3 Å². The van der Waals surface area contributed by atoms with Gasteiger partial charge in [-0.15, -0.1) is 11.3 Å². The van der Waals surface area contributed by atoms with Crippen LogP contribution >= 0.6 is 11.3 Å². The van der Waals surface area contributed by atoms with Gasteiger partial charge in [-0.2, -0.15) is 10.2 Å². The van der Waals surface area contributed by atoms with Crippen LogP contribution in [0.4, 0.5) is 0 Å². The first-order valence-electron chi connectivity index (χ1n) is 6.24. The first kappa shape index (κ1) is 13.3. The van der Waals surface area contributed by atoms with E-state index in [0.717, 1.165) is 11.3 Å². The molecule has 0 saturated carbocycles. The number of benzene rings is 1. The molecule has 0 aliphatic heterocycles. The van der Waals surface area contributed by atoms with Crippen molar-refractivity contribution >= 4 is 11.3 Å². The number of thiophene rings is 1. The van der Waals surface area contributed by atoms with Crippen LogP contribution in [0.5, 0.6) is 5.75 Å². The lowest BCUT2D eigenvalue weighted by molar-refractivity contribution is 0.408. The predicted octanol–water partition coefficient (Wildman–Crippen LogP) is 3.27. The first-order chi connectivity index (χ1) is 10.3. The minimum atomic E-state index is 0.381. The molecule has 0 unspecified atom stereocenters. The average molecular weight is 297 g/mol. The van der Waals surface area contributed by atoms with Crippen LogP contribution < -0.4 is 4.74 Å². The smallest absolute Gasteiger partial charge is 0.269 e.